The first-order valence-corrected chi connectivity index (χ1v) is 4.08. The molecule has 0 fully saturated rings. The molecule has 82 valence electrons. The van der Waals surface area contributed by atoms with Gasteiger partial charge in [0, 0.05) is 6.92 Å². The van der Waals surface area contributed by atoms with Gasteiger partial charge in [0.2, 0.25) is 0 Å². The van der Waals surface area contributed by atoms with E-state index in [1.165, 1.54) is 12.1 Å². The molecule has 0 aliphatic heterocycles. The van der Waals surface area contributed by atoms with E-state index >= 15 is 0 Å². The minimum Gasteiger partial charge on any atom is -0.547 e. The summed E-state index contributed by atoms with van der Waals surface area (Å²) in [6, 6.07) is 8.11. The van der Waals surface area contributed by atoms with Gasteiger partial charge >= 0.3 is 0 Å². The van der Waals surface area contributed by atoms with Crippen molar-refractivity contribution >= 4 is 11.9 Å². The Morgan fingerprint density at radius 1 is 1.27 bits per heavy atom. The molecule has 15 heavy (non-hydrogen) atoms. The Kier molecular flexibility index (Phi) is 5.73. The van der Waals surface area contributed by atoms with Crippen LogP contribution in [-0.2, 0) is 9.59 Å². The van der Waals surface area contributed by atoms with Crippen molar-refractivity contribution in [1.29, 1.82) is 0 Å². The van der Waals surface area contributed by atoms with Crippen LogP contribution in [0.3, 0.4) is 0 Å². The number of carboxylic acids is 2. The molecule has 1 aromatic carbocycles. The molecular formula is C10H11O5-. The molecule has 0 saturated carbocycles. The van der Waals surface area contributed by atoms with Gasteiger partial charge in [0.15, 0.2) is 0 Å². The van der Waals surface area contributed by atoms with Gasteiger partial charge in [-0.3, -0.25) is 4.79 Å². The molecule has 0 saturated heterocycles. The number of aliphatic hydroxyl groups is 1. The summed E-state index contributed by atoms with van der Waals surface area (Å²) >= 11 is 0. The summed E-state index contributed by atoms with van der Waals surface area (Å²) < 4.78 is 0. The third-order valence-electron chi connectivity index (χ3n) is 1.34. The molecule has 5 heteroatoms. The van der Waals surface area contributed by atoms with Crippen LogP contribution in [0.4, 0.5) is 0 Å². The number of carbonyl (C=O) groups excluding carboxylic acids is 1. The van der Waals surface area contributed by atoms with Crippen LogP contribution in [0.1, 0.15) is 18.6 Å². The normalized spacial score (nSPS) is 10.8. The van der Waals surface area contributed by atoms with Crippen molar-refractivity contribution in [2.75, 3.05) is 0 Å². The fourth-order valence-corrected chi connectivity index (χ4v) is 0.771. The maximum atomic E-state index is 10.1. The second-order valence-electron chi connectivity index (χ2n) is 2.65. The molecule has 0 aromatic heterocycles. The molecule has 0 aliphatic rings. The molecule has 2 N–H and O–H groups in total. The van der Waals surface area contributed by atoms with E-state index in [0.29, 0.717) is 5.56 Å². The Morgan fingerprint density at radius 3 is 2.00 bits per heavy atom. The van der Waals surface area contributed by atoms with Crippen LogP contribution in [0.15, 0.2) is 30.3 Å². The maximum Gasteiger partial charge on any atom is 0.300 e. The Labute approximate surface area is 86.6 Å². The van der Waals surface area contributed by atoms with Crippen LogP contribution < -0.4 is 5.11 Å². The minimum atomic E-state index is -1.52. The zero-order valence-electron chi connectivity index (χ0n) is 8.08. The van der Waals surface area contributed by atoms with Crippen molar-refractivity contribution in [2.24, 2.45) is 0 Å². The van der Waals surface area contributed by atoms with Crippen LogP contribution in [-0.4, -0.2) is 22.2 Å². The van der Waals surface area contributed by atoms with Crippen molar-refractivity contribution < 1.29 is 24.9 Å². The topological polar surface area (TPSA) is 97.7 Å². The highest BCUT2D eigenvalue weighted by atomic mass is 16.4. The fraction of sp³-hybridized carbons (Fsp3) is 0.200. The average molecular weight is 211 g/mol. The van der Waals surface area contributed by atoms with Gasteiger partial charge < -0.3 is 20.1 Å². The number of aliphatic carboxylic acids is 2. The number of aliphatic hydroxyl groups excluding tert-OH is 1. The quantitative estimate of drug-likeness (QED) is 0.691. The molecule has 0 heterocycles. The van der Waals surface area contributed by atoms with Crippen LogP contribution in [0.2, 0.25) is 0 Å². The van der Waals surface area contributed by atoms with Gasteiger partial charge in [0.25, 0.3) is 5.97 Å². The van der Waals surface area contributed by atoms with Crippen LogP contribution in [0.5, 0.6) is 0 Å². The molecule has 1 rings (SSSR count). The monoisotopic (exact) mass is 211 g/mol. The van der Waals surface area contributed by atoms with E-state index in [1.54, 1.807) is 18.2 Å². The minimum absolute atomic E-state index is 0.340. The fourth-order valence-electron chi connectivity index (χ4n) is 0.771. The van der Waals surface area contributed by atoms with E-state index in [9.17, 15) is 9.90 Å². The van der Waals surface area contributed by atoms with Crippen LogP contribution in [0, 0.1) is 0 Å². The lowest BCUT2D eigenvalue weighted by Gasteiger charge is -2.10. The van der Waals surface area contributed by atoms with Crippen molar-refractivity contribution in [3.8, 4) is 0 Å². The van der Waals surface area contributed by atoms with Gasteiger partial charge in [-0.25, -0.2) is 0 Å². The molecule has 0 radical (unpaired) electrons. The van der Waals surface area contributed by atoms with Gasteiger partial charge in [0.05, 0.1) is 5.97 Å². The molecule has 0 aliphatic carbocycles. The first kappa shape index (κ1) is 13.1. The summed E-state index contributed by atoms with van der Waals surface area (Å²) in [4.78, 5) is 19.1. The molecular weight excluding hydrogens is 200 g/mol. The van der Waals surface area contributed by atoms with Gasteiger partial charge in [-0.2, -0.15) is 0 Å². The number of benzene rings is 1. The number of hydrogen-bond acceptors (Lipinski definition) is 4. The van der Waals surface area contributed by atoms with E-state index in [-0.39, 0.29) is 0 Å². The summed E-state index contributed by atoms with van der Waals surface area (Å²) in [6.07, 6.45) is -1.52. The summed E-state index contributed by atoms with van der Waals surface area (Å²) in [5.74, 6) is -2.31. The number of hydrogen-bond donors (Lipinski definition) is 2. The first-order chi connectivity index (χ1) is 6.95. The van der Waals surface area contributed by atoms with Crippen molar-refractivity contribution in [3.05, 3.63) is 35.9 Å². The highest BCUT2D eigenvalue weighted by Crippen LogP contribution is 2.09. The van der Waals surface area contributed by atoms with E-state index in [2.05, 4.69) is 0 Å². The molecule has 0 bridgehead atoms. The molecule has 1 unspecified atom stereocenters. The Bertz CT molecular complexity index is 316. The van der Waals surface area contributed by atoms with Crippen LogP contribution in [0.25, 0.3) is 0 Å². The number of carboxylic acid groups (broad SMARTS) is 2. The maximum absolute atomic E-state index is 10.1. The van der Waals surface area contributed by atoms with E-state index in [0.717, 1.165) is 6.92 Å². The molecule has 1 aromatic rings. The summed E-state index contributed by atoms with van der Waals surface area (Å²) in [6.45, 7) is 1.08. The van der Waals surface area contributed by atoms with Gasteiger partial charge in [-0.15, -0.1) is 0 Å². The third-order valence-corrected chi connectivity index (χ3v) is 1.34. The Morgan fingerprint density at radius 2 is 1.67 bits per heavy atom. The summed E-state index contributed by atoms with van der Waals surface area (Å²) in [7, 11) is 0. The zero-order valence-corrected chi connectivity index (χ0v) is 8.08. The van der Waals surface area contributed by atoms with Crippen molar-refractivity contribution in [2.45, 2.75) is 13.0 Å². The predicted molar refractivity (Wildman–Crippen MR) is 49.7 cm³/mol. The second-order valence-corrected chi connectivity index (χ2v) is 2.65. The first-order valence-electron chi connectivity index (χ1n) is 4.08. The molecule has 5 nitrogen and oxygen atoms in total. The lowest BCUT2D eigenvalue weighted by molar-refractivity contribution is -0.315. The average Bonchev–Trinajstić information content (AvgIpc) is 2.17. The number of rotatable bonds is 2. The third kappa shape index (κ3) is 6.23. The highest BCUT2D eigenvalue weighted by Gasteiger charge is 2.05. The van der Waals surface area contributed by atoms with Gasteiger partial charge in [0.1, 0.15) is 6.10 Å². The lowest BCUT2D eigenvalue weighted by atomic mass is 10.1. The largest absolute Gasteiger partial charge is 0.547 e. The van der Waals surface area contributed by atoms with Gasteiger partial charge in [-0.05, 0) is 5.56 Å². The standard InChI is InChI=1S/C8H8O3.C2H4O2/c9-7(8(10)11)6-4-2-1-3-5-6;1-2(3)4/h1-5,7,9H,(H,10,11);1H3,(H,3,4)/p-1. The predicted octanol–water partition coefficient (Wildman–Crippen LogP) is -0.439. The summed E-state index contributed by atoms with van der Waals surface area (Å²) in [5, 5.41) is 26.5. The van der Waals surface area contributed by atoms with Gasteiger partial charge in [-0.1, -0.05) is 30.3 Å². The SMILES string of the molecule is CC(=O)O.O=C([O-])C(O)c1ccccc1. The van der Waals surface area contributed by atoms with Crippen molar-refractivity contribution in [3.63, 3.8) is 0 Å². The molecule has 0 amide bonds. The zero-order chi connectivity index (χ0) is 11.8. The van der Waals surface area contributed by atoms with E-state index in [4.69, 9.17) is 15.0 Å². The molecule has 1 atom stereocenters. The lowest BCUT2D eigenvalue weighted by Crippen LogP contribution is -2.29. The van der Waals surface area contributed by atoms with E-state index < -0.39 is 18.0 Å². The highest BCUT2D eigenvalue weighted by molar-refractivity contribution is 5.71. The second kappa shape index (κ2) is 6.56. The van der Waals surface area contributed by atoms with Crippen LogP contribution >= 0.6 is 0 Å². The summed E-state index contributed by atoms with van der Waals surface area (Å²) in [5.41, 5.74) is 0.340. The Hall–Kier alpha value is -1.88. The number of carbonyl (C=O) groups is 2. The van der Waals surface area contributed by atoms with E-state index in [1.807, 2.05) is 0 Å². The molecule has 0 spiro atoms. The van der Waals surface area contributed by atoms with Crippen molar-refractivity contribution in [1.82, 2.24) is 0 Å². The smallest absolute Gasteiger partial charge is 0.300 e. The Balaban J connectivity index is 0.000000423.